The largest absolute Gasteiger partial charge is 0.458 e. The van der Waals surface area contributed by atoms with E-state index in [2.05, 4.69) is 150 Å². The van der Waals surface area contributed by atoms with E-state index in [9.17, 15) is 0 Å². The van der Waals surface area contributed by atoms with E-state index in [1.165, 1.54) is 103 Å². The van der Waals surface area contributed by atoms with Crippen LogP contribution in [-0.4, -0.2) is 22.6 Å². The molecule has 0 unspecified atom stereocenters. The predicted octanol–water partition coefficient (Wildman–Crippen LogP) is 7.23. The third-order valence-electron chi connectivity index (χ3n) is 12.2. The van der Waals surface area contributed by atoms with Gasteiger partial charge in [0, 0.05) is 48.3 Å². The maximum atomic E-state index is 7.23. The molecule has 13 rings (SSSR count). The molecule has 9 aromatic rings. The van der Waals surface area contributed by atoms with Gasteiger partial charge in [-0.1, -0.05) is 116 Å². The smallest absolute Gasteiger partial charge is 0.256 e. The number of benzene rings is 7. The summed E-state index contributed by atoms with van der Waals surface area (Å²) in [7, 11) is 0. The lowest BCUT2D eigenvalue weighted by atomic mass is 9.31. The second kappa shape index (κ2) is 9.20. The Morgan fingerprint density at radius 3 is 1.78 bits per heavy atom. The fourth-order valence-corrected chi connectivity index (χ4v) is 11.7. The lowest BCUT2D eigenvalue weighted by molar-refractivity contribution is 0.476. The van der Waals surface area contributed by atoms with E-state index in [0.29, 0.717) is 0 Å². The molecule has 0 bridgehead atoms. The van der Waals surface area contributed by atoms with Crippen molar-refractivity contribution in [3.63, 3.8) is 0 Å². The first-order chi connectivity index (χ1) is 25.2. The van der Waals surface area contributed by atoms with Crippen LogP contribution in [-0.2, 0) is 0 Å². The molecule has 6 heterocycles. The van der Waals surface area contributed by atoms with Crippen molar-refractivity contribution in [1.82, 2.24) is 9.13 Å². The van der Waals surface area contributed by atoms with Gasteiger partial charge in [0.25, 0.3) is 6.71 Å². The Labute approximate surface area is 299 Å². The van der Waals surface area contributed by atoms with Gasteiger partial charge in [-0.15, -0.1) is 0 Å². The molecule has 7 aromatic carbocycles. The molecule has 0 saturated carbocycles. The fraction of sp³-hybridized carbons (Fsp3) is 0.0667. The number of aromatic nitrogens is 2. The summed E-state index contributed by atoms with van der Waals surface area (Å²) in [5.41, 5.74) is 17.2. The van der Waals surface area contributed by atoms with Crippen LogP contribution in [0.5, 0.6) is 11.5 Å². The molecule has 0 spiro atoms. The maximum absolute atomic E-state index is 7.23. The molecule has 0 fully saturated rings. The maximum Gasteiger partial charge on any atom is 0.256 e. The molecule has 0 atom stereocenters. The van der Waals surface area contributed by atoms with Gasteiger partial charge in [-0.25, -0.2) is 0 Å². The number of nitrogens with zero attached hydrogens (tertiary/aromatic N) is 2. The van der Waals surface area contributed by atoms with Crippen molar-refractivity contribution >= 4 is 102 Å². The first kappa shape index (κ1) is 27.2. The molecule has 6 heteroatoms. The van der Waals surface area contributed by atoms with Crippen LogP contribution in [0.1, 0.15) is 25.3 Å². The summed E-state index contributed by atoms with van der Waals surface area (Å²) in [6.45, 7) is 4.88. The van der Waals surface area contributed by atoms with Crippen LogP contribution in [0, 0.1) is 0 Å². The summed E-state index contributed by atoms with van der Waals surface area (Å²) in [6.07, 6.45) is 0. The molecular weight excluding hydrogens is 638 g/mol. The quantitative estimate of drug-likeness (QED) is 0.172. The van der Waals surface area contributed by atoms with Gasteiger partial charge in [-0.05, 0) is 75.7 Å². The van der Waals surface area contributed by atoms with Crippen molar-refractivity contribution in [3.8, 4) is 22.9 Å². The van der Waals surface area contributed by atoms with E-state index < -0.39 is 0 Å². The Morgan fingerprint density at radius 1 is 0.549 bits per heavy atom. The number of hydrogen-bond donors (Lipinski definition) is 0. The van der Waals surface area contributed by atoms with Crippen LogP contribution < -0.4 is 37.5 Å². The third kappa shape index (κ3) is 3.11. The highest BCUT2D eigenvalue weighted by Crippen LogP contribution is 2.46. The monoisotopic (exact) mass is 666 g/mol. The zero-order chi connectivity index (χ0) is 33.3. The van der Waals surface area contributed by atoms with Gasteiger partial charge in [-0.3, -0.25) is 0 Å². The minimum Gasteiger partial charge on any atom is -0.458 e. The van der Waals surface area contributed by atoms with Crippen molar-refractivity contribution in [2.24, 2.45) is 0 Å². The van der Waals surface area contributed by atoms with Crippen LogP contribution in [0.3, 0.4) is 0 Å². The summed E-state index contributed by atoms with van der Waals surface area (Å²) < 4.78 is 12.3. The first-order valence-electron chi connectivity index (χ1n) is 18.0. The summed E-state index contributed by atoms with van der Waals surface area (Å²) >= 11 is 1.95. The predicted molar refractivity (Wildman–Crippen MR) is 216 cm³/mol. The van der Waals surface area contributed by atoms with Crippen LogP contribution in [0.25, 0.3) is 55.0 Å². The van der Waals surface area contributed by atoms with Crippen molar-refractivity contribution in [1.29, 1.82) is 0 Å². The van der Waals surface area contributed by atoms with E-state index in [1.54, 1.807) is 0 Å². The van der Waals surface area contributed by atoms with Crippen LogP contribution in [0.4, 0.5) is 0 Å². The zero-order valence-electron chi connectivity index (χ0n) is 28.1. The van der Waals surface area contributed by atoms with E-state index in [4.69, 9.17) is 4.74 Å². The van der Waals surface area contributed by atoms with Gasteiger partial charge < -0.3 is 13.9 Å². The molecule has 236 valence electrons. The van der Waals surface area contributed by atoms with Gasteiger partial charge >= 0.3 is 0 Å². The Balaban J connectivity index is 1.17. The van der Waals surface area contributed by atoms with Crippen molar-refractivity contribution < 1.29 is 4.74 Å². The van der Waals surface area contributed by atoms with Crippen LogP contribution in [0.2, 0.25) is 0 Å². The number of fused-ring (bicyclic) bond motifs is 16. The average molecular weight is 666 g/mol. The number of para-hydroxylation sites is 4. The summed E-state index contributed by atoms with van der Waals surface area (Å²) in [5.74, 6) is 2.30. The molecule has 0 aliphatic carbocycles. The average Bonchev–Trinajstić information content (AvgIpc) is 3.69. The Hall–Kier alpha value is -5.58. The van der Waals surface area contributed by atoms with E-state index in [1.807, 2.05) is 11.8 Å². The second-order valence-corrected chi connectivity index (χ2v) is 16.0. The second-order valence-electron chi connectivity index (χ2n) is 14.9. The highest BCUT2D eigenvalue weighted by Gasteiger charge is 2.46. The highest BCUT2D eigenvalue weighted by atomic mass is 32.2. The van der Waals surface area contributed by atoms with Gasteiger partial charge in [0.15, 0.2) is 0 Å². The molecule has 0 amide bonds. The molecule has 4 aliphatic rings. The number of hydrogen-bond acceptors (Lipinski definition) is 2. The molecule has 0 radical (unpaired) electrons. The molecule has 51 heavy (non-hydrogen) atoms. The Kier molecular flexibility index (Phi) is 4.90. The molecule has 4 aliphatic heterocycles. The minimum absolute atomic E-state index is 0.0655. The van der Waals surface area contributed by atoms with Crippen molar-refractivity contribution in [2.75, 3.05) is 0 Å². The van der Waals surface area contributed by atoms with Gasteiger partial charge in [0.2, 0.25) is 6.71 Å². The summed E-state index contributed by atoms with van der Waals surface area (Å²) in [5, 5.41) is 5.23. The first-order valence-corrected chi connectivity index (χ1v) is 18.9. The molecular formula is C45H28B2N2OS. The number of rotatable bonds is 1. The minimum atomic E-state index is 0.0655. The fourth-order valence-electron chi connectivity index (χ4n) is 10.3. The van der Waals surface area contributed by atoms with Crippen LogP contribution in [0.15, 0.2) is 137 Å². The summed E-state index contributed by atoms with van der Waals surface area (Å²) in [4.78, 5) is 2.72. The van der Waals surface area contributed by atoms with Crippen LogP contribution >= 0.6 is 11.8 Å². The SMILES string of the molecule is CC(C)c1c2c(cc3c1Sc1ccc4c5ccccc5n5c4c1B3c1ccccc1-5)B1c3ccccc3-n3c4ccccc4c4ccc(c1c43)O2. The van der Waals surface area contributed by atoms with Crippen molar-refractivity contribution in [2.45, 2.75) is 29.6 Å². The van der Waals surface area contributed by atoms with Gasteiger partial charge in [-0.2, -0.15) is 0 Å². The molecule has 0 N–H and O–H groups in total. The lowest BCUT2D eigenvalue weighted by Gasteiger charge is -2.38. The van der Waals surface area contributed by atoms with E-state index in [-0.39, 0.29) is 19.3 Å². The normalized spacial score (nSPS) is 14.3. The number of ether oxygens (including phenoxy) is 1. The molecule has 0 saturated heterocycles. The Morgan fingerprint density at radius 2 is 1.12 bits per heavy atom. The standard InChI is InChI=1S/C45H28B2N2OS/c1-24(2)39-44-31(46-29-13-5-9-17-35(29)48-33-15-7-3-11-25(33)27-19-21-37(50-44)40(46)42(27)48)23-32-45(39)51-38-22-20-28-26-12-4-8-16-34(26)49-36-18-10-6-14-30(36)47(32)41(38)43(28)49/h3-24H,1-2H3. The van der Waals surface area contributed by atoms with Gasteiger partial charge in [0.1, 0.15) is 11.5 Å². The van der Waals surface area contributed by atoms with E-state index in [0.717, 1.165) is 11.5 Å². The van der Waals surface area contributed by atoms with E-state index >= 15 is 0 Å². The van der Waals surface area contributed by atoms with Crippen molar-refractivity contribution in [3.05, 3.63) is 133 Å². The zero-order valence-corrected chi connectivity index (χ0v) is 28.9. The summed E-state index contributed by atoms with van der Waals surface area (Å²) in [6, 6.07) is 47.8. The highest BCUT2D eigenvalue weighted by molar-refractivity contribution is 8.00. The Bertz CT molecular complexity index is 2900. The molecule has 2 aromatic heterocycles. The molecule has 3 nitrogen and oxygen atoms in total. The van der Waals surface area contributed by atoms with Gasteiger partial charge in [0.05, 0.1) is 22.1 Å². The topological polar surface area (TPSA) is 19.1 Å². The lowest BCUT2D eigenvalue weighted by Crippen LogP contribution is -2.63. The third-order valence-corrected chi connectivity index (χ3v) is 13.4.